The molecule has 0 aromatic heterocycles. The molecule has 0 saturated carbocycles. The molecule has 0 aliphatic carbocycles. The lowest BCUT2D eigenvalue weighted by Crippen LogP contribution is -2.27. The van der Waals surface area contributed by atoms with Gasteiger partial charge in [0.15, 0.2) is 0 Å². The number of ether oxygens (including phenoxy) is 1. The van der Waals surface area contributed by atoms with E-state index in [1.54, 1.807) is 36.4 Å². The first-order valence-corrected chi connectivity index (χ1v) is 8.01. The number of para-hydroxylation sites is 1. The van der Waals surface area contributed by atoms with Crippen LogP contribution in [0.5, 0.6) is 5.75 Å². The monoisotopic (exact) mass is 325 g/mol. The van der Waals surface area contributed by atoms with Crippen molar-refractivity contribution < 1.29 is 14.3 Å². The van der Waals surface area contributed by atoms with Gasteiger partial charge in [-0.05, 0) is 35.2 Å². The predicted octanol–water partition coefficient (Wildman–Crippen LogP) is 3.71. The van der Waals surface area contributed by atoms with Gasteiger partial charge in [-0.1, -0.05) is 51.1 Å². The Morgan fingerprint density at radius 2 is 1.58 bits per heavy atom. The van der Waals surface area contributed by atoms with E-state index in [1.807, 2.05) is 18.2 Å². The number of carbonyl (C=O) groups excluding carboxylic acids is 2. The van der Waals surface area contributed by atoms with Crippen molar-refractivity contribution in [1.82, 2.24) is 5.32 Å². The van der Waals surface area contributed by atoms with Gasteiger partial charge in [0, 0.05) is 12.1 Å². The minimum absolute atomic E-state index is 0.0518. The summed E-state index contributed by atoms with van der Waals surface area (Å²) in [6, 6.07) is 16.4. The maximum Gasteiger partial charge on any atom is 0.312 e. The number of nitrogens with one attached hydrogen (secondary N) is 1. The standard InChI is InChI=1S/C20H23NO3/c1-20(2,3)16-11-9-15(10-12-16)19(23)21-14-13-18(22)24-17-7-5-4-6-8-17/h4-12H,13-14H2,1-3H3,(H,21,23). The predicted molar refractivity (Wildman–Crippen MR) is 94.2 cm³/mol. The fraction of sp³-hybridized carbons (Fsp3) is 0.300. The lowest BCUT2D eigenvalue weighted by Gasteiger charge is -2.19. The Morgan fingerprint density at radius 1 is 0.958 bits per heavy atom. The van der Waals surface area contributed by atoms with Crippen LogP contribution < -0.4 is 10.1 Å². The van der Waals surface area contributed by atoms with Crippen LogP contribution in [0.4, 0.5) is 0 Å². The van der Waals surface area contributed by atoms with Gasteiger partial charge in [0.2, 0.25) is 0 Å². The second-order valence-corrected chi connectivity index (χ2v) is 6.62. The highest BCUT2D eigenvalue weighted by molar-refractivity contribution is 5.94. The largest absolute Gasteiger partial charge is 0.426 e. The zero-order valence-corrected chi connectivity index (χ0v) is 14.3. The normalized spacial score (nSPS) is 11.0. The van der Waals surface area contributed by atoms with Crippen LogP contribution >= 0.6 is 0 Å². The number of rotatable bonds is 5. The topological polar surface area (TPSA) is 55.4 Å². The number of esters is 1. The molecule has 2 aromatic rings. The first kappa shape index (κ1) is 17.7. The molecule has 0 aliphatic heterocycles. The van der Waals surface area contributed by atoms with E-state index in [0.29, 0.717) is 11.3 Å². The average molecular weight is 325 g/mol. The first-order valence-electron chi connectivity index (χ1n) is 8.01. The Hall–Kier alpha value is -2.62. The summed E-state index contributed by atoms with van der Waals surface area (Å²) in [5, 5.41) is 2.73. The van der Waals surface area contributed by atoms with Crippen molar-refractivity contribution in [1.29, 1.82) is 0 Å². The molecule has 0 heterocycles. The molecular weight excluding hydrogens is 302 g/mol. The second-order valence-electron chi connectivity index (χ2n) is 6.62. The molecule has 2 rings (SSSR count). The molecule has 0 fully saturated rings. The van der Waals surface area contributed by atoms with Gasteiger partial charge in [0.25, 0.3) is 5.91 Å². The summed E-state index contributed by atoms with van der Waals surface area (Å²) in [6.45, 7) is 6.62. The van der Waals surface area contributed by atoms with Gasteiger partial charge >= 0.3 is 5.97 Å². The number of carbonyl (C=O) groups is 2. The summed E-state index contributed by atoms with van der Waals surface area (Å²) < 4.78 is 5.16. The molecule has 0 atom stereocenters. The van der Waals surface area contributed by atoms with Gasteiger partial charge < -0.3 is 10.1 Å². The molecule has 0 unspecified atom stereocenters. The van der Waals surface area contributed by atoms with E-state index < -0.39 is 0 Å². The Balaban J connectivity index is 1.80. The van der Waals surface area contributed by atoms with E-state index in [2.05, 4.69) is 26.1 Å². The molecule has 0 saturated heterocycles. The van der Waals surface area contributed by atoms with Crippen molar-refractivity contribution in [2.24, 2.45) is 0 Å². The molecule has 0 radical (unpaired) electrons. The smallest absolute Gasteiger partial charge is 0.312 e. The summed E-state index contributed by atoms with van der Waals surface area (Å²) in [4.78, 5) is 23.8. The molecular formula is C20H23NO3. The molecule has 1 amide bonds. The zero-order chi connectivity index (χ0) is 17.6. The average Bonchev–Trinajstić information content (AvgIpc) is 2.55. The van der Waals surface area contributed by atoms with Gasteiger partial charge in [-0.25, -0.2) is 0 Å². The van der Waals surface area contributed by atoms with Crippen molar-refractivity contribution >= 4 is 11.9 Å². The van der Waals surface area contributed by atoms with E-state index in [9.17, 15) is 9.59 Å². The van der Waals surface area contributed by atoms with Crippen LogP contribution in [0.1, 0.15) is 43.1 Å². The van der Waals surface area contributed by atoms with Gasteiger partial charge in [0.1, 0.15) is 5.75 Å². The van der Waals surface area contributed by atoms with E-state index in [4.69, 9.17) is 4.74 Å². The van der Waals surface area contributed by atoms with Crippen molar-refractivity contribution in [3.63, 3.8) is 0 Å². The Kier molecular flexibility index (Phi) is 5.74. The third kappa shape index (κ3) is 5.23. The highest BCUT2D eigenvalue weighted by Gasteiger charge is 2.14. The summed E-state index contributed by atoms with van der Waals surface area (Å²) in [5.74, 6) is -0.0563. The zero-order valence-electron chi connectivity index (χ0n) is 14.3. The molecule has 126 valence electrons. The van der Waals surface area contributed by atoms with Crippen LogP contribution in [-0.2, 0) is 10.2 Å². The first-order chi connectivity index (χ1) is 11.4. The lowest BCUT2D eigenvalue weighted by molar-refractivity contribution is -0.134. The van der Waals surface area contributed by atoms with Gasteiger partial charge in [0.05, 0.1) is 6.42 Å². The SMILES string of the molecule is CC(C)(C)c1ccc(C(=O)NCCC(=O)Oc2ccccc2)cc1. The quantitative estimate of drug-likeness (QED) is 0.673. The van der Waals surface area contributed by atoms with Crippen LogP contribution in [0.15, 0.2) is 54.6 Å². The number of hydrogen-bond acceptors (Lipinski definition) is 3. The van der Waals surface area contributed by atoms with Crippen molar-refractivity contribution in [3.05, 3.63) is 65.7 Å². The van der Waals surface area contributed by atoms with E-state index in [0.717, 1.165) is 0 Å². The third-order valence-corrected chi connectivity index (χ3v) is 3.60. The molecule has 24 heavy (non-hydrogen) atoms. The fourth-order valence-corrected chi connectivity index (χ4v) is 2.17. The number of amides is 1. The molecule has 0 bridgehead atoms. The minimum Gasteiger partial charge on any atom is -0.426 e. The van der Waals surface area contributed by atoms with E-state index in [1.165, 1.54) is 5.56 Å². The lowest BCUT2D eigenvalue weighted by atomic mass is 9.87. The van der Waals surface area contributed by atoms with Crippen LogP contribution in [0.25, 0.3) is 0 Å². The van der Waals surface area contributed by atoms with E-state index in [-0.39, 0.29) is 30.3 Å². The summed E-state index contributed by atoms with van der Waals surface area (Å²) in [5.41, 5.74) is 1.81. The number of benzene rings is 2. The van der Waals surface area contributed by atoms with Crippen LogP contribution in [0, 0.1) is 0 Å². The maximum atomic E-state index is 12.1. The van der Waals surface area contributed by atoms with Gasteiger partial charge in [-0.3, -0.25) is 9.59 Å². The van der Waals surface area contributed by atoms with Crippen LogP contribution in [0.3, 0.4) is 0 Å². The molecule has 2 aromatic carbocycles. The van der Waals surface area contributed by atoms with Crippen LogP contribution in [0.2, 0.25) is 0 Å². The molecule has 0 aliphatic rings. The molecule has 0 spiro atoms. The Morgan fingerprint density at radius 3 is 2.17 bits per heavy atom. The van der Waals surface area contributed by atoms with E-state index >= 15 is 0 Å². The Labute approximate surface area is 142 Å². The molecule has 1 N–H and O–H groups in total. The highest BCUT2D eigenvalue weighted by atomic mass is 16.5. The van der Waals surface area contributed by atoms with Gasteiger partial charge in [-0.15, -0.1) is 0 Å². The van der Waals surface area contributed by atoms with Crippen molar-refractivity contribution in [3.8, 4) is 5.75 Å². The third-order valence-electron chi connectivity index (χ3n) is 3.60. The maximum absolute atomic E-state index is 12.1. The summed E-state index contributed by atoms with van der Waals surface area (Å²) in [7, 11) is 0. The summed E-state index contributed by atoms with van der Waals surface area (Å²) in [6.07, 6.45) is 0.126. The minimum atomic E-state index is -0.371. The second kappa shape index (κ2) is 7.77. The van der Waals surface area contributed by atoms with Crippen LogP contribution in [-0.4, -0.2) is 18.4 Å². The van der Waals surface area contributed by atoms with Crippen molar-refractivity contribution in [2.45, 2.75) is 32.6 Å². The summed E-state index contributed by atoms with van der Waals surface area (Å²) >= 11 is 0. The van der Waals surface area contributed by atoms with Crippen molar-refractivity contribution in [2.75, 3.05) is 6.54 Å². The molecule has 4 heteroatoms. The fourth-order valence-electron chi connectivity index (χ4n) is 2.17. The Bertz CT molecular complexity index is 685. The van der Waals surface area contributed by atoms with Gasteiger partial charge in [-0.2, -0.15) is 0 Å². The molecule has 4 nitrogen and oxygen atoms in total. The highest BCUT2D eigenvalue weighted by Crippen LogP contribution is 2.22. The number of hydrogen-bond donors (Lipinski definition) is 1.